The van der Waals surface area contributed by atoms with E-state index in [2.05, 4.69) is 21.2 Å². The summed E-state index contributed by atoms with van der Waals surface area (Å²) in [7, 11) is 3.47. The van der Waals surface area contributed by atoms with Gasteiger partial charge < -0.3 is 15.0 Å². The Hall–Kier alpha value is -2.05. The van der Waals surface area contributed by atoms with Crippen LogP contribution in [0.3, 0.4) is 0 Å². The molecule has 0 radical (unpaired) electrons. The van der Waals surface area contributed by atoms with E-state index < -0.39 is 6.10 Å². The van der Waals surface area contributed by atoms with Crippen molar-refractivity contribution < 1.29 is 14.3 Å². The molecule has 0 heterocycles. The number of nitrogens with zero attached hydrogens (tertiary/aromatic N) is 1. The molecule has 0 aliphatic heterocycles. The minimum atomic E-state index is -0.693. The molecule has 0 spiro atoms. The van der Waals surface area contributed by atoms with Gasteiger partial charge in [-0.3, -0.25) is 9.59 Å². The standard InChI is InChI=1S/C20H22BrClN2O3/c1-13(27-18-9-8-15(22)12-17(18)21)20(26)23-16-6-4-5-14(11-16)7-10-19(25)24(2)3/h4-6,8-9,11-13H,7,10H2,1-3H3,(H,23,26). The van der Waals surface area contributed by atoms with Gasteiger partial charge in [-0.2, -0.15) is 0 Å². The van der Waals surface area contributed by atoms with E-state index >= 15 is 0 Å². The molecule has 2 amide bonds. The van der Waals surface area contributed by atoms with Crippen LogP contribution in [0, 0.1) is 0 Å². The van der Waals surface area contributed by atoms with E-state index in [1.165, 1.54) is 0 Å². The summed E-state index contributed by atoms with van der Waals surface area (Å²) in [6.45, 7) is 1.68. The van der Waals surface area contributed by atoms with Crippen molar-refractivity contribution in [3.05, 3.63) is 57.5 Å². The fourth-order valence-corrected chi connectivity index (χ4v) is 3.11. The number of carbonyl (C=O) groups excluding carboxylic acids is 2. The number of anilines is 1. The van der Waals surface area contributed by atoms with E-state index in [1.54, 1.807) is 50.2 Å². The lowest BCUT2D eigenvalue weighted by Gasteiger charge is -2.16. The number of rotatable bonds is 7. The molecular formula is C20H22BrClN2O3. The Morgan fingerprint density at radius 1 is 1.22 bits per heavy atom. The molecule has 7 heteroatoms. The largest absolute Gasteiger partial charge is 0.480 e. The molecule has 0 aliphatic rings. The highest BCUT2D eigenvalue weighted by Crippen LogP contribution is 2.29. The number of amides is 2. The normalized spacial score (nSPS) is 11.6. The Morgan fingerprint density at radius 2 is 1.96 bits per heavy atom. The van der Waals surface area contributed by atoms with Gasteiger partial charge in [-0.1, -0.05) is 23.7 Å². The number of carbonyl (C=O) groups is 2. The first kappa shape index (κ1) is 21.3. The molecule has 0 aliphatic carbocycles. The molecule has 27 heavy (non-hydrogen) atoms. The zero-order valence-corrected chi connectivity index (χ0v) is 17.8. The number of aryl methyl sites for hydroxylation is 1. The fourth-order valence-electron chi connectivity index (χ4n) is 2.34. The Kier molecular flexibility index (Phi) is 7.68. The van der Waals surface area contributed by atoms with Gasteiger partial charge in [0.05, 0.1) is 4.47 Å². The van der Waals surface area contributed by atoms with Crippen molar-refractivity contribution in [3.63, 3.8) is 0 Å². The minimum absolute atomic E-state index is 0.0694. The van der Waals surface area contributed by atoms with Crippen LogP contribution in [0.1, 0.15) is 18.9 Å². The molecule has 2 aromatic carbocycles. The van der Waals surface area contributed by atoms with Crippen LogP contribution in [0.4, 0.5) is 5.69 Å². The maximum absolute atomic E-state index is 12.4. The number of halogens is 2. The zero-order chi connectivity index (χ0) is 20.0. The Balaban J connectivity index is 1.96. The highest BCUT2D eigenvalue weighted by atomic mass is 79.9. The predicted octanol–water partition coefficient (Wildman–Crippen LogP) is 4.53. The molecule has 144 valence electrons. The molecule has 2 aromatic rings. The number of ether oxygens (including phenoxy) is 1. The smallest absolute Gasteiger partial charge is 0.265 e. The average Bonchev–Trinajstić information content (AvgIpc) is 2.62. The van der Waals surface area contributed by atoms with Crippen LogP contribution in [0.25, 0.3) is 0 Å². The zero-order valence-electron chi connectivity index (χ0n) is 15.5. The third-order valence-corrected chi connectivity index (χ3v) is 4.74. The van der Waals surface area contributed by atoms with Gasteiger partial charge in [-0.15, -0.1) is 0 Å². The molecule has 1 N–H and O–H groups in total. The number of benzene rings is 2. The van der Waals surface area contributed by atoms with Crippen molar-refractivity contribution in [3.8, 4) is 5.75 Å². The molecule has 0 saturated heterocycles. The van der Waals surface area contributed by atoms with E-state index in [-0.39, 0.29) is 11.8 Å². The number of nitrogens with one attached hydrogen (secondary N) is 1. The second-order valence-corrected chi connectivity index (χ2v) is 7.60. The lowest BCUT2D eigenvalue weighted by Crippen LogP contribution is -2.30. The summed E-state index contributed by atoms with van der Waals surface area (Å²) in [6.07, 6.45) is 0.348. The average molecular weight is 454 g/mol. The Labute approximate surface area is 172 Å². The first-order chi connectivity index (χ1) is 12.8. The highest BCUT2D eigenvalue weighted by molar-refractivity contribution is 9.10. The van der Waals surface area contributed by atoms with Crippen molar-refractivity contribution in [1.29, 1.82) is 0 Å². The van der Waals surface area contributed by atoms with Gasteiger partial charge in [0, 0.05) is 31.2 Å². The number of hydrogen-bond donors (Lipinski definition) is 1. The summed E-state index contributed by atoms with van der Waals surface area (Å²) in [5.74, 6) is 0.344. The summed E-state index contributed by atoms with van der Waals surface area (Å²) >= 11 is 9.28. The van der Waals surface area contributed by atoms with Gasteiger partial charge in [0.25, 0.3) is 5.91 Å². The van der Waals surface area contributed by atoms with Crippen molar-refractivity contribution >= 4 is 45.0 Å². The SMILES string of the molecule is CC(Oc1ccc(Cl)cc1Br)C(=O)Nc1cccc(CCC(=O)N(C)C)c1. The van der Waals surface area contributed by atoms with Crippen LogP contribution >= 0.6 is 27.5 Å². The Bertz CT molecular complexity index is 827. The van der Waals surface area contributed by atoms with Crippen LogP contribution in [-0.4, -0.2) is 36.9 Å². The Morgan fingerprint density at radius 3 is 2.63 bits per heavy atom. The molecule has 1 atom stereocenters. The molecule has 1 unspecified atom stereocenters. The first-order valence-corrected chi connectivity index (χ1v) is 9.65. The molecule has 2 rings (SSSR count). The van der Waals surface area contributed by atoms with Crippen molar-refractivity contribution in [1.82, 2.24) is 4.90 Å². The summed E-state index contributed by atoms with van der Waals surface area (Å²) in [5.41, 5.74) is 1.65. The van der Waals surface area contributed by atoms with Crippen molar-refractivity contribution in [2.24, 2.45) is 0 Å². The van der Waals surface area contributed by atoms with Gasteiger partial charge in [0.2, 0.25) is 5.91 Å². The van der Waals surface area contributed by atoms with Crippen LogP contribution in [0.5, 0.6) is 5.75 Å². The van der Waals surface area contributed by atoms with E-state index in [1.807, 2.05) is 18.2 Å². The van der Waals surface area contributed by atoms with Crippen molar-refractivity contribution in [2.45, 2.75) is 25.9 Å². The minimum Gasteiger partial charge on any atom is -0.480 e. The molecular weight excluding hydrogens is 432 g/mol. The quantitative estimate of drug-likeness (QED) is 0.670. The van der Waals surface area contributed by atoms with Gasteiger partial charge in [0.15, 0.2) is 6.10 Å². The highest BCUT2D eigenvalue weighted by Gasteiger charge is 2.16. The van der Waals surface area contributed by atoms with E-state index in [9.17, 15) is 9.59 Å². The molecule has 0 saturated carbocycles. The van der Waals surface area contributed by atoms with E-state index in [0.29, 0.717) is 33.8 Å². The topological polar surface area (TPSA) is 58.6 Å². The molecule has 0 bridgehead atoms. The lowest BCUT2D eigenvalue weighted by atomic mass is 10.1. The van der Waals surface area contributed by atoms with Gasteiger partial charge in [-0.25, -0.2) is 0 Å². The second-order valence-electron chi connectivity index (χ2n) is 6.31. The van der Waals surface area contributed by atoms with Crippen molar-refractivity contribution in [2.75, 3.05) is 19.4 Å². The van der Waals surface area contributed by atoms with Crippen LogP contribution in [0.15, 0.2) is 46.9 Å². The molecule has 5 nitrogen and oxygen atoms in total. The fraction of sp³-hybridized carbons (Fsp3) is 0.300. The summed E-state index contributed by atoms with van der Waals surface area (Å²) in [6, 6.07) is 12.6. The molecule has 0 fully saturated rings. The third-order valence-electron chi connectivity index (χ3n) is 3.89. The maximum Gasteiger partial charge on any atom is 0.265 e. The summed E-state index contributed by atoms with van der Waals surface area (Å²) < 4.78 is 6.38. The van der Waals surface area contributed by atoms with Crippen LogP contribution in [0.2, 0.25) is 5.02 Å². The lowest BCUT2D eigenvalue weighted by molar-refractivity contribution is -0.128. The summed E-state index contributed by atoms with van der Waals surface area (Å²) in [5, 5.41) is 3.42. The first-order valence-electron chi connectivity index (χ1n) is 8.48. The number of hydrogen-bond acceptors (Lipinski definition) is 3. The molecule has 0 aromatic heterocycles. The van der Waals surface area contributed by atoms with E-state index in [0.717, 1.165) is 5.56 Å². The van der Waals surface area contributed by atoms with Crippen LogP contribution < -0.4 is 10.1 Å². The van der Waals surface area contributed by atoms with Gasteiger partial charge >= 0.3 is 0 Å². The van der Waals surface area contributed by atoms with Gasteiger partial charge in [0.1, 0.15) is 5.75 Å². The second kappa shape index (κ2) is 9.76. The van der Waals surface area contributed by atoms with E-state index in [4.69, 9.17) is 16.3 Å². The third kappa shape index (κ3) is 6.56. The summed E-state index contributed by atoms with van der Waals surface area (Å²) in [4.78, 5) is 25.7. The predicted molar refractivity (Wildman–Crippen MR) is 111 cm³/mol. The maximum atomic E-state index is 12.4. The van der Waals surface area contributed by atoms with Crippen LogP contribution in [-0.2, 0) is 16.0 Å². The monoisotopic (exact) mass is 452 g/mol. The van der Waals surface area contributed by atoms with Gasteiger partial charge in [-0.05, 0) is 65.2 Å².